The van der Waals surface area contributed by atoms with Gasteiger partial charge in [0.1, 0.15) is 6.07 Å². The number of hydrogen-bond donors (Lipinski definition) is 1. The van der Waals surface area contributed by atoms with Gasteiger partial charge in [0.25, 0.3) is 5.69 Å². The van der Waals surface area contributed by atoms with E-state index >= 15 is 0 Å². The summed E-state index contributed by atoms with van der Waals surface area (Å²) in [6, 6.07) is 7.65. The highest BCUT2D eigenvalue weighted by atomic mass is 16.6. The largest absolute Gasteiger partial charge is 0.377 e. The Labute approximate surface area is 102 Å². The van der Waals surface area contributed by atoms with E-state index in [0.29, 0.717) is 18.0 Å². The van der Waals surface area contributed by atoms with Gasteiger partial charge in [-0.05, 0) is 6.07 Å². The highest BCUT2D eigenvalue weighted by molar-refractivity contribution is 5.61. The number of nitriles is 1. The second-order valence-corrected chi connectivity index (χ2v) is 3.43. The van der Waals surface area contributed by atoms with Gasteiger partial charge in [-0.15, -0.1) is 0 Å². The molecule has 0 fully saturated rings. The van der Waals surface area contributed by atoms with Crippen LogP contribution in [-0.2, 0) is 6.54 Å². The lowest BCUT2D eigenvalue weighted by molar-refractivity contribution is -0.384. The number of rotatable bonds is 4. The maximum Gasteiger partial charge on any atom is 0.270 e. The Balaban J connectivity index is 2.18. The Bertz CT molecular complexity index is 601. The highest BCUT2D eigenvalue weighted by Crippen LogP contribution is 2.21. The fourth-order valence-electron chi connectivity index (χ4n) is 1.41. The molecule has 1 aromatic carbocycles. The van der Waals surface area contributed by atoms with E-state index in [-0.39, 0.29) is 11.3 Å². The molecule has 0 aliphatic rings. The van der Waals surface area contributed by atoms with Crippen molar-refractivity contribution in [2.45, 2.75) is 6.54 Å². The first-order valence-electron chi connectivity index (χ1n) is 5.02. The van der Waals surface area contributed by atoms with Crippen molar-refractivity contribution in [1.29, 1.82) is 5.26 Å². The third-order valence-electron chi connectivity index (χ3n) is 2.28. The molecule has 1 N–H and O–H groups in total. The van der Waals surface area contributed by atoms with Gasteiger partial charge in [-0.1, -0.05) is 5.16 Å². The number of non-ortho nitro benzene ring substituents is 1. The lowest BCUT2D eigenvalue weighted by Gasteiger charge is -2.05. The summed E-state index contributed by atoms with van der Waals surface area (Å²) in [6.45, 7) is 0.354. The van der Waals surface area contributed by atoms with Crippen LogP contribution < -0.4 is 5.32 Å². The molecule has 1 aromatic heterocycles. The number of hydrogen-bond acceptors (Lipinski definition) is 6. The van der Waals surface area contributed by atoms with Crippen molar-refractivity contribution in [3.05, 3.63) is 51.9 Å². The zero-order valence-corrected chi connectivity index (χ0v) is 9.16. The van der Waals surface area contributed by atoms with Crippen LogP contribution in [0.15, 0.2) is 35.0 Å². The van der Waals surface area contributed by atoms with Gasteiger partial charge in [0, 0.05) is 18.2 Å². The Morgan fingerprint density at radius 1 is 1.50 bits per heavy atom. The minimum atomic E-state index is -0.541. The lowest BCUT2D eigenvalue weighted by atomic mass is 10.1. The first-order valence-corrected chi connectivity index (χ1v) is 5.02. The summed E-state index contributed by atoms with van der Waals surface area (Å²) in [5, 5.41) is 26.0. The zero-order valence-electron chi connectivity index (χ0n) is 9.16. The number of nitrogens with zero attached hydrogens (tertiary/aromatic N) is 3. The topological polar surface area (TPSA) is 105 Å². The molecule has 0 aliphatic carbocycles. The lowest BCUT2D eigenvalue weighted by Crippen LogP contribution is -2.01. The van der Waals surface area contributed by atoms with Crippen molar-refractivity contribution in [2.24, 2.45) is 0 Å². The quantitative estimate of drug-likeness (QED) is 0.651. The van der Waals surface area contributed by atoms with Crippen LogP contribution in [-0.4, -0.2) is 10.1 Å². The summed E-state index contributed by atoms with van der Waals surface area (Å²) in [6.07, 6.45) is 1.51. The molecule has 2 aromatic rings. The molecule has 0 spiro atoms. The summed E-state index contributed by atoms with van der Waals surface area (Å²) in [5.74, 6) is 0.609. The smallest absolute Gasteiger partial charge is 0.270 e. The molecular formula is C11H8N4O3. The van der Waals surface area contributed by atoms with Gasteiger partial charge < -0.3 is 9.84 Å². The normalized spacial score (nSPS) is 9.72. The molecule has 0 bridgehead atoms. The minimum Gasteiger partial charge on any atom is -0.377 e. The van der Waals surface area contributed by atoms with Gasteiger partial charge in [-0.3, -0.25) is 10.1 Å². The number of nitrogens with one attached hydrogen (secondary N) is 1. The number of nitro groups is 1. The average Bonchev–Trinajstić information content (AvgIpc) is 2.89. The van der Waals surface area contributed by atoms with Crippen molar-refractivity contribution in [2.75, 3.05) is 5.32 Å². The third kappa shape index (κ3) is 2.44. The summed E-state index contributed by atoms with van der Waals surface area (Å²) in [5.41, 5.74) is 0.611. The van der Waals surface area contributed by atoms with Crippen LogP contribution in [0.3, 0.4) is 0 Å². The van der Waals surface area contributed by atoms with Crippen LogP contribution in [0.1, 0.15) is 11.3 Å². The van der Waals surface area contributed by atoms with Gasteiger partial charge in [0.2, 0.25) is 0 Å². The first kappa shape index (κ1) is 11.6. The summed E-state index contributed by atoms with van der Waals surface area (Å²) in [4.78, 5) is 10.0. The van der Waals surface area contributed by atoms with Gasteiger partial charge in [-0.2, -0.15) is 5.26 Å². The fourth-order valence-corrected chi connectivity index (χ4v) is 1.41. The number of aromatic nitrogens is 1. The molecule has 0 atom stereocenters. The highest BCUT2D eigenvalue weighted by Gasteiger charge is 2.10. The maximum atomic E-state index is 10.6. The first-order chi connectivity index (χ1) is 8.70. The predicted molar refractivity (Wildman–Crippen MR) is 61.6 cm³/mol. The molecule has 18 heavy (non-hydrogen) atoms. The van der Waals surface area contributed by atoms with Gasteiger partial charge in [0.15, 0.2) is 5.76 Å². The minimum absolute atomic E-state index is 0.114. The Morgan fingerprint density at radius 3 is 2.94 bits per heavy atom. The Hall–Kier alpha value is -2.88. The molecular weight excluding hydrogens is 236 g/mol. The number of nitro benzene ring substituents is 1. The van der Waals surface area contributed by atoms with Crippen molar-refractivity contribution in [3.63, 3.8) is 0 Å². The van der Waals surface area contributed by atoms with E-state index in [1.807, 2.05) is 6.07 Å². The fraction of sp³-hybridized carbons (Fsp3) is 0.0909. The third-order valence-corrected chi connectivity index (χ3v) is 2.28. The molecule has 90 valence electrons. The van der Waals surface area contributed by atoms with E-state index in [9.17, 15) is 10.1 Å². The molecule has 0 saturated heterocycles. The molecule has 2 rings (SSSR count). The summed E-state index contributed by atoms with van der Waals surface area (Å²) < 4.78 is 4.89. The van der Waals surface area contributed by atoms with Crippen LogP contribution in [0.25, 0.3) is 0 Å². The second kappa shape index (κ2) is 4.97. The Kier molecular flexibility index (Phi) is 3.20. The Morgan fingerprint density at radius 2 is 2.33 bits per heavy atom. The molecule has 0 amide bonds. The van der Waals surface area contributed by atoms with Crippen molar-refractivity contribution < 1.29 is 9.45 Å². The number of anilines is 1. The van der Waals surface area contributed by atoms with Crippen molar-refractivity contribution in [3.8, 4) is 6.07 Å². The van der Waals surface area contributed by atoms with E-state index < -0.39 is 4.92 Å². The number of benzene rings is 1. The molecule has 7 heteroatoms. The molecule has 0 unspecified atom stereocenters. The van der Waals surface area contributed by atoms with Crippen LogP contribution in [0.5, 0.6) is 0 Å². The van der Waals surface area contributed by atoms with E-state index in [1.54, 1.807) is 6.07 Å². The van der Waals surface area contributed by atoms with Crippen molar-refractivity contribution in [1.82, 2.24) is 5.16 Å². The zero-order chi connectivity index (χ0) is 13.0. The molecule has 1 heterocycles. The summed E-state index contributed by atoms with van der Waals surface area (Å²) in [7, 11) is 0. The van der Waals surface area contributed by atoms with Crippen LogP contribution >= 0.6 is 0 Å². The molecule has 0 radical (unpaired) electrons. The van der Waals surface area contributed by atoms with E-state index in [2.05, 4.69) is 10.5 Å². The van der Waals surface area contributed by atoms with E-state index in [4.69, 9.17) is 9.78 Å². The standard InChI is InChI=1S/C11H8N4O3/c12-6-8-5-9(15(16)17)1-2-11(8)13-7-10-3-4-14-18-10/h1-5,13H,7H2. The van der Waals surface area contributed by atoms with E-state index in [1.165, 1.54) is 24.4 Å². The van der Waals surface area contributed by atoms with Gasteiger partial charge in [0.05, 0.1) is 28.9 Å². The molecule has 7 nitrogen and oxygen atoms in total. The monoisotopic (exact) mass is 244 g/mol. The molecule has 0 aliphatic heterocycles. The molecule has 0 saturated carbocycles. The van der Waals surface area contributed by atoms with Crippen LogP contribution in [0.2, 0.25) is 0 Å². The summed E-state index contributed by atoms with van der Waals surface area (Å²) >= 11 is 0. The average molecular weight is 244 g/mol. The van der Waals surface area contributed by atoms with Gasteiger partial charge in [-0.25, -0.2) is 0 Å². The van der Waals surface area contributed by atoms with Crippen LogP contribution in [0.4, 0.5) is 11.4 Å². The van der Waals surface area contributed by atoms with Crippen LogP contribution in [0, 0.1) is 21.4 Å². The maximum absolute atomic E-state index is 10.6. The second-order valence-electron chi connectivity index (χ2n) is 3.43. The van der Waals surface area contributed by atoms with Crippen molar-refractivity contribution >= 4 is 11.4 Å². The SMILES string of the molecule is N#Cc1cc([N+](=O)[O-])ccc1NCc1ccno1. The van der Waals surface area contributed by atoms with E-state index in [0.717, 1.165) is 0 Å². The predicted octanol–water partition coefficient (Wildman–Crippen LogP) is 2.07. The van der Waals surface area contributed by atoms with Gasteiger partial charge >= 0.3 is 0 Å².